The largest absolute Gasteiger partial charge is 0.348 e. The van der Waals surface area contributed by atoms with Gasteiger partial charge >= 0.3 is 0 Å². The number of aryl methyl sites for hydroxylation is 1. The van der Waals surface area contributed by atoms with Crippen molar-refractivity contribution in [3.8, 4) is 0 Å². The number of anilines is 1. The van der Waals surface area contributed by atoms with Crippen molar-refractivity contribution in [2.75, 3.05) is 4.72 Å². The summed E-state index contributed by atoms with van der Waals surface area (Å²) in [5, 5.41) is 2.79. The zero-order valence-corrected chi connectivity index (χ0v) is 15.5. The van der Waals surface area contributed by atoms with Crippen LogP contribution in [0, 0.1) is 6.92 Å². The molecule has 1 aromatic heterocycles. The Kier molecular flexibility index (Phi) is 5.52. The molecule has 27 heavy (non-hydrogen) atoms. The zero-order valence-electron chi connectivity index (χ0n) is 14.7. The number of hydrogen-bond acceptors (Lipinski definition) is 4. The molecule has 0 saturated heterocycles. The summed E-state index contributed by atoms with van der Waals surface area (Å²) in [5.41, 5.74) is 2.35. The Morgan fingerprint density at radius 2 is 1.67 bits per heavy atom. The molecular formula is C20H19N3O3S. The summed E-state index contributed by atoms with van der Waals surface area (Å²) in [5.74, 6) is -0.275. The molecule has 0 radical (unpaired) electrons. The van der Waals surface area contributed by atoms with Crippen molar-refractivity contribution in [3.63, 3.8) is 0 Å². The minimum atomic E-state index is -3.70. The first kappa shape index (κ1) is 18.6. The number of amides is 1. The number of carbonyl (C=O) groups excluding carboxylic acids is 1. The van der Waals surface area contributed by atoms with E-state index in [1.165, 1.54) is 18.3 Å². The summed E-state index contributed by atoms with van der Waals surface area (Å²) in [4.78, 5) is 16.5. The lowest BCUT2D eigenvalue weighted by molar-refractivity contribution is 0.0950. The van der Waals surface area contributed by atoms with E-state index in [1.807, 2.05) is 6.92 Å². The van der Waals surface area contributed by atoms with Crippen molar-refractivity contribution in [3.05, 3.63) is 89.7 Å². The lowest BCUT2D eigenvalue weighted by atomic mass is 10.1. The third-order valence-corrected chi connectivity index (χ3v) is 5.31. The van der Waals surface area contributed by atoms with Crippen molar-refractivity contribution >= 4 is 21.6 Å². The van der Waals surface area contributed by atoms with Gasteiger partial charge < -0.3 is 5.32 Å². The van der Waals surface area contributed by atoms with Crippen LogP contribution in [-0.4, -0.2) is 19.3 Å². The smallest absolute Gasteiger partial charge is 0.261 e. The Bertz CT molecular complexity index is 1030. The van der Waals surface area contributed by atoms with Crippen LogP contribution >= 0.6 is 0 Å². The van der Waals surface area contributed by atoms with Crippen LogP contribution < -0.4 is 10.0 Å². The second kappa shape index (κ2) is 8.01. The average Bonchev–Trinajstić information content (AvgIpc) is 2.68. The van der Waals surface area contributed by atoms with E-state index in [-0.39, 0.29) is 17.3 Å². The summed E-state index contributed by atoms with van der Waals surface area (Å²) >= 11 is 0. The summed E-state index contributed by atoms with van der Waals surface area (Å²) in [7, 11) is -3.70. The maximum atomic E-state index is 12.5. The molecule has 1 amide bonds. The highest BCUT2D eigenvalue weighted by Crippen LogP contribution is 2.20. The normalized spacial score (nSPS) is 11.0. The molecule has 7 heteroatoms. The Balaban J connectivity index is 1.74. The molecule has 3 rings (SSSR count). The molecule has 0 spiro atoms. The lowest BCUT2D eigenvalue weighted by Gasteiger charge is -2.13. The van der Waals surface area contributed by atoms with Crippen LogP contribution in [0.5, 0.6) is 0 Å². The molecule has 0 atom stereocenters. The van der Waals surface area contributed by atoms with Gasteiger partial charge in [0.15, 0.2) is 0 Å². The van der Waals surface area contributed by atoms with Gasteiger partial charge in [-0.1, -0.05) is 36.4 Å². The van der Waals surface area contributed by atoms with Gasteiger partial charge in [0.05, 0.1) is 16.1 Å². The standard InChI is InChI=1S/C20H19N3O3S/c1-15-11-12-17(14-21-15)20(24)22-13-16-7-5-6-10-19(16)23-27(25,26)18-8-3-2-4-9-18/h2-12,14,23H,13H2,1H3,(H,22,24). The van der Waals surface area contributed by atoms with Crippen LogP contribution in [0.4, 0.5) is 5.69 Å². The van der Waals surface area contributed by atoms with Crippen LogP contribution in [0.3, 0.4) is 0 Å². The fourth-order valence-electron chi connectivity index (χ4n) is 2.46. The van der Waals surface area contributed by atoms with Gasteiger partial charge in [0.25, 0.3) is 15.9 Å². The number of rotatable bonds is 6. The molecule has 2 N–H and O–H groups in total. The van der Waals surface area contributed by atoms with Crippen LogP contribution in [0.25, 0.3) is 0 Å². The van der Waals surface area contributed by atoms with Gasteiger partial charge in [0.1, 0.15) is 0 Å². The SMILES string of the molecule is Cc1ccc(C(=O)NCc2ccccc2NS(=O)(=O)c2ccccc2)cn1. The van der Waals surface area contributed by atoms with E-state index < -0.39 is 10.0 Å². The topological polar surface area (TPSA) is 88.2 Å². The van der Waals surface area contributed by atoms with Crippen molar-refractivity contribution < 1.29 is 13.2 Å². The lowest BCUT2D eigenvalue weighted by Crippen LogP contribution is -2.24. The van der Waals surface area contributed by atoms with E-state index in [4.69, 9.17) is 0 Å². The summed E-state index contributed by atoms with van der Waals surface area (Å²) in [6.45, 7) is 2.02. The first-order valence-electron chi connectivity index (χ1n) is 8.32. The van der Waals surface area contributed by atoms with Crippen molar-refractivity contribution in [1.82, 2.24) is 10.3 Å². The minimum Gasteiger partial charge on any atom is -0.348 e. The third-order valence-electron chi connectivity index (χ3n) is 3.93. The third kappa shape index (κ3) is 4.71. The van der Waals surface area contributed by atoms with Gasteiger partial charge in [-0.15, -0.1) is 0 Å². The van der Waals surface area contributed by atoms with E-state index in [2.05, 4.69) is 15.0 Å². The zero-order chi connectivity index (χ0) is 19.3. The first-order chi connectivity index (χ1) is 13.0. The van der Waals surface area contributed by atoms with Crippen molar-refractivity contribution in [2.45, 2.75) is 18.4 Å². The van der Waals surface area contributed by atoms with Crippen LogP contribution in [0.15, 0.2) is 77.8 Å². The predicted octanol–water partition coefficient (Wildman–Crippen LogP) is 3.12. The molecule has 0 aliphatic carbocycles. The highest BCUT2D eigenvalue weighted by molar-refractivity contribution is 7.92. The van der Waals surface area contributed by atoms with E-state index in [9.17, 15) is 13.2 Å². The number of nitrogens with zero attached hydrogens (tertiary/aromatic N) is 1. The number of para-hydroxylation sites is 1. The van der Waals surface area contributed by atoms with Gasteiger partial charge in [0.2, 0.25) is 0 Å². The number of benzene rings is 2. The quantitative estimate of drug-likeness (QED) is 0.687. The van der Waals surface area contributed by atoms with E-state index >= 15 is 0 Å². The molecule has 0 bridgehead atoms. The first-order valence-corrected chi connectivity index (χ1v) is 9.81. The van der Waals surface area contributed by atoms with Crippen LogP contribution in [-0.2, 0) is 16.6 Å². The molecule has 138 valence electrons. The molecule has 2 aromatic carbocycles. The van der Waals surface area contributed by atoms with E-state index in [0.717, 1.165) is 5.69 Å². The molecule has 6 nitrogen and oxygen atoms in total. The maximum Gasteiger partial charge on any atom is 0.261 e. The fraction of sp³-hybridized carbons (Fsp3) is 0.100. The number of aromatic nitrogens is 1. The molecule has 0 aliphatic rings. The van der Waals surface area contributed by atoms with Gasteiger partial charge in [-0.25, -0.2) is 8.42 Å². The molecule has 1 heterocycles. The molecule has 0 unspecified atom stereocenters. The number of nitrogens with one attached hydrogen (secondary N) is 2. The van der Waals surface area contributed by atoms with Gasteiger partial charge in [-0.2, -0.15) is 0 Å². The Hall–Kier alpha value is -3.19. The summed E-state index contributed by atoms with van der Waals surface area (Å²) < 4.78 is 27.7. The van der Waals surface area contributed by atoms with E-state index in [1.54, 1.807) is 54.6 Å². The van der Waals surface area contributed by atoms with Crippen molar-refractivity contribution in [1.29, 1.82) is 0 Å². The second-order valence-corrected chi connectivity index (χ2v) is 7.63. The van der Waals surface area contributed by atoms with Crippen LogP contribution in [0.2, 0.25) is 0 Å². The molecule has 0 saturated carbocycles. The maximum absolute atomic E-state index is 12.5. The second-order valence-electron chi connectivity index (χ2n) is 5.95. The molecule has 0 aliphatic heterocycles. The number of carbonyl (C=O) groups is 1. The van der Waals surface area contributed by atoms with Gasteiger partial charge in [-0.05, 0) is 42.8 Å². The monoisotopic (exact) mass is 381 g/mol. The van der Waals surface area contributed by atoms with Crippen LogP contribution in [0.1, 0.15) is 21.6 Å². The highest BCUT2D eigenvalue weighted by atomic mass is 32.2. The number of hydrogen-bond donors (Lipinski definition) is 2. The Morgan fingerprint density at radius 3 is 2.37 bits per heavy atom. The average molecular weight is 381 g/mol. The number of sulfonamides is 1. The van der Waals surface area contributed by atoms with Gasteiger partial charge in [-0.3, -0.25) is 14.5 Å². The van der Waals surface area contributed by atoms with E-state index in [0.29, 0.717) is 16.8 Å². The molecule has 3 aromatic rings. The molecular weight excluding hydrogens is 362 g/mol. The van der Waals surface area contributed by atoms with Crippen molar-refractivity contribution in [2.24, 2.45) is 0 Å². The Morgan fingerprint density at radius 1 is 0.963 bits per heavy atom. The predicted molar refractivity (Wildman–Crippen MR) is 104 cm³/mol. The fourth-order valence-corrected chi connectivity index (χ4v) is 3.58. The summed E-state index contributed by atoms with van der Waals surface area (Å²) in [6, 6.07) is 18.5. The summed E-state index contributed by atoms with van der Waals surface area (Å²) in [6.07, 6.45) is 1.51. The minimum absolute atomic E-state index is 0.176. The Labute approximate surface area is 158 Å². The highest BCUT2D eigenvalue weighted by Gasteiger charge is 2.15. The molecule has 0 fully saturated rings. The van der Waals surface area contributed by atoms with Gasteiger partial charge in [0, 0.05) is 18.4 Å². The number of pyridine rings is 1.